The molecule has 2 unspecified atom stereocenters. The fraction of sp³-hybridized carbons (Fsp3) is 0.600. The molecule has 1 saturated heterocycles. The standard InChI is InChI=1S/C15H22N2/c1-2-12-7-8-17(11-12)14-9-13-5-3-4-6-15(13)16-10-14/h3-6,12,14,16H,2,7-11H2,1H3. The molecular formula is C15H22N2. The minimum Gasteiger partial charge on any atom is -0.383 e. The molecule has 1 aromatic rings. The van der Waals surface area contributed by atoms with E-state index >= 15 is 0 Å². The van der Waals surface area contributed by atoms with Crippen molar-refractivity contribution in [3.63, 3.8) is 0 Å². The van der Waals surface area contributed by atoms with Crippen LogP contribution >= 0.6 is 0 Å². The third-order valence-corrected chi connectivity index (χ3v) is 4.41. The van der Waals surface area contributed by atoms with Gasteiger partial charge in [0.1, 0.15) is 0 Å². The second kappa shape index (κ2) is 4.69. The minimum atomic E-state index is 0.710. The lowest BCUT2D eigenvalue weighted by atomic mass is 9.98. The highest BCUT2D eigenvalue weighted by atomic mass is 15.2. The van der Waals surface area contributed by atoms with Crippen molar-refractivity contribution in [3.8, 4) is 0 Å². The normalized spacial score (nSPS) is 28.8. The summed E-state index contributed by atoms with van der Waals surface area (Å²) in [6.07, 6.45) is 3.96. The largest absolute Gasteiger partial charge is 0.383 e. The number of nitrogens with one attached hydrogen (secondary N) is 1. The molecule has 2 aliphatic heterocycles. The zero-order valence-corrected chi connectivity index (χ0v) is 10.7. The number of anilines is 1. The topological polar surface area (TPSA) is 15.3 Å². The molecule has 2 heterocycles. The van der Waals surface area contributed by atoms with Crippen molar-refractivity contribution in [2.45, 2.75) is 32.2 Å². The van der Waals surface area contributed by atoms with E-state index in [4.69, 9.17) is 0 Å². The number of para-hydroxylation sites is 1. The van der Waals surface area contributed by atoms with Gasteiger partial charge in [0.2, 0.25) is 0 Å². The summed E-state index contributed by atoms with van der Waals surface area (Å²) < 4.78 is 0. The van der Waals surface area contributed by atoms with Gasteiger partial charge in [0, 0.05) is 24.8 Å². The van der Waals surface area contributed by atoms with Gasteiger partial charge in [-0.3, -0.25) is 4.90 Å². The highest BCUT2D eigenvalue weighted by molar-refractivity contribution is 5.53. The van der Waals surface area contributed by atoms with Gasteiger partial charge < -0.3 is 5.32 Å². The molecular weight excluding hydrogens is 208 g/mol. The Morgan fingerprint density at radius 3 is 3.06 bits per heavy atom. The number of hydrogen-bond donors (Lipinski definition) is 1. The number of hydrogen-bond acceptors (Lipinski definition) is 2. The summed E-state index contributed by atoms with van der Waals surface area (Å²) in [7, 11) is 0. The van der Waals surface area contributed by atoms with Crippen LogP contribution in [0.3, 0.4) is 0 Å². The zero-order chi connectivity index (χ0) is 11.7. The lowest BCUT2D eigenvalue weighted by Crippen LogP contribution is -2.42. The van der Waals surface area contributed by atoms with Crippen LogP contribution in [0.2, 0.25) is 0 Å². The van der Waals surface area contributed by atoms with Crippen molar-refractivity contribution in [3.05, 3.63) is 29.8 Å². The molecule has 2 atom stereocenters. The Morgan fingerprint density at radius 1 is 1.35 bits per heavy atom. The van der Waals surface area contributed by atoms with Crippen molar-refractivity contribution in [2.24, 2.45) is 5.92 Å². The first-order valence-corrected chi connectivity index (χ1v) is 6.92. The average Bonchev–Trinajstić information content (AvgIpc) is 2.87. The number of benzene rings is 1. The zero-order valence-electron chi connectivity index (χ0n) is 10.7. The smallest absolute Gasteiger partial charge is 0.0373 e. The quantitative estimate of drug-likeness (QED) is 0.840. The summed E-state index contributed by atoms with van der Waals surface area (Å²) >= 11 is 0. The van der Waals surface area contributed by atoms with E-state index in [-0.39, 0.29) is 0 Å². The van der Waals surface area contributed by atoms with Crippen molar-refractivity contribution in [2.75, 3.05) is 25.0 Å². The highest BCUT2D eigenvalue weighted by Gasteiger charge is 2.29. The lowest BCUT2D eigenvalue weighted by Gasteiger charge is -2.33. The molecule has 92 valence electrons. The van der Waals surface area contributed by atoms with Crippen LogP contribution in [0.15, 0.2) is 24.3 Å². The van der Waals surface area contributed by atoms with Gasteiger partial charge in [-0.25, -0.2) is 0 Å². The molecule has 0 spiro atoms. The Kier molecular flexibility index (Phi) is 3.06. The number of likely N-dealkylation sites (tertiary alicyclic amines) is 1. The summed E-state index contributed by atoms with van der Waals surface area (Å²) in [6.45, 7) is 6.05. The van der Waals surface area contributed by atoms with Crippen LogP contribution in [-0.2, 0) is 6.42 Å². The Hall–Kier alpha value is -1.02. The molecule has 0 aromatic heterocycles. The van der Waals surface area contributed by atoms with Crippen LogP contribution in [-0.4, -0.2) is 30.6 Å². The number of nitrogens with zero attached hydrogens (tertiary/aromatic N) is 1. The molecule has 0 aliphatic carbocycles. The van der Waals surface area contributed by atoms with E-state index in [0.29, 0.717) is 6.04 Å². The molecule has 1 aromatic carbocycles. The molecule has 0 saturated carbocycles. The molecule has 1 fully saturated rings. The van der Waals surface area contributed by atoms with E-state index in [1.54, 1.807) is 0 Å². The molecule has 0 bridgehead atoms. The van der Waals surface area contributed by atoms with Gasteiger partial charge in [-0.1, -0.05) is 31.5 Å². The monoisotopic (exact) mass is 230 g/mol. The van der Waals surface area contributed by atoms with E-state index in [1.807, 2.05) is 0 Å². The SMILES string of the molecule is CCC1CCN(C2CNc3ccccc3C2)C1. The minimum absolute atomic E-state index is 0.710. The van der Waals surface area contributed by atoms with E-state index in [2.05, 4.69) is 41.4 Å². The maximum absolute atomic E-state index is 3.58. The Bertz CT molecular complexity index is 388. The van der Waals surface area contributed by atoms with Crippen LogP contribution < -0.4 is 5.32 Å². The third-order valence-electron chi connectivity index (χ3n) is 4.41. The first-order chi connectivity index (χ1) is 8.36. The Balaban J connectivity index is 1.68. The fourth-order valence-corrected chi connectivity index (χ4v) is 3.21. The Morgan fingerprint density at radius 2 is 2.24 bits per heavy atom. The summed E-state index contributed by atoms with van der Waals surface area (Å²) in [5.41, 5.74) is 2.83. The van der Waals surface area contributed by atoms with Crippen LogP contribution in [0.5, 0.6) is 0 Å². The van der Waals surface area contributed by atoms with Crippen LogP contribution in [0.4, 0.5) is 5.69 Å². The van der Waals surface area contributed by atoms with Gasteiger partial charge in [0.05, 0.1) is 0 Å². The predicted molar refractivity (Wildman–Crippen MR) is 72.4 cm³/mol. The molecule has 1 N–H and O–H groups in total. The highest BCUT2D eigenvalue weighted by Crippen LogP contribution is 2.27. The van der Waals surface area contributed by atoms with Gasteiger partial charge in [0.25, 0.3) is 0 Å². The van der Waals surface area contributed by atoms with Crippen molar-refractivity contribution >= 4 is 5.69 Å². The Labute approximate surface area is 104 Å². The van der Waals surface area contributed by atoms with Gasteiger partial charge in [-0.2, -0.15) is 0 Å². The predicted octanol–water partition coefficient (Wildman–Crippen LogP) is 2.76. The van der Waals surface area contributed by atoms with E-state index in [0.717, 1.165) is 12.5 Å². The summed E-state index contributed by atoms with van der Waals surface area (Å²) in [5.74, 6) is 0.937. The number of rotatable bonds is 2. The van der Waals surface area contributed by atoms with Crippen molar-refractivity contribution in [1.29, 1.82) is 0 Å². The second-order valence-corrected chi connectivity index (χ2v) is 5.45. The van der Waals surface area contributed by atoms with Gasteiger partial charge in [-0.05, 0) is 36.9 Å². The van der Waals surface area contributed by atoms with Gasteiger partial charge >= 0.3 is 0 Å². The third kappa shape index (κ3) is 2.19. The average molecular weight is 230 g/mol. The van der Waals surface area contributed by atoms with E-state index < -0.39 is 0 Å². The van der Waals surface area contributed by atoms with Gasteiger partial charge in [-0.15, -0.1) is 0 Å². The van der Waals surface area contributed by atoms with Crippen LogP contribution in [0.25, 0.3) is 0 Å². The molecule has 3 rings (SSSR count). The van der Waals surface area contributed by atoms with E-state index in [1.165, 1.54) is 43.6 Å². The van der Waals surface area contributed by atoms with Crippen LogP contribution in [0.1, 0.15) is 25.3 Å². The summed E-state index contributed by atoms with van der Waals surface area (Å²) in [4.78, 5) is 2.69. The molecule has 2 heteroatoms. The van der Waals surface area contributed by atoms with E-state index in [9.17, 15) is 0 Å². The van der Waals surface area contributed by atoms with Gasteiger partial charge in [0.15, 0.2) is 0 Å². The van der Waals surface area contributed by atoms with Crippen molar-refractivity contribution in [1.82, 2.24) is 4.90 Å². The lowest BCUT2D eigenvalue weighted by molar-refractivity contribution is 0.237. The van der Waals surface area contributed by atoms with Crippen molar-refractivity contribution < 1.29 is 0 Å². The number of fused-ring (bicyclic) bond motifs is 1. The second-order valence-electron chi connectivity index (χ2n) is 5.45. The van der Waals surface area contributed by atoms with Crippen LogP contribution in [0, 0.1) is 5.92 Å². The first-order valence-electron chi connectivity index (χ1n) is 6.92. The maximum Gasteiger partial charge on any atom is 0.0373 e. The molecule has 17 heavy (non-hydrogen) atoms. The molecule has 0 amide bonds. The fourth-order valence-electron chi connectivity index (χ4n) is 3.21. The maximum atomic E-state index is 3.58. The first kappa shape index (κ1) is 11.1. The molecule has 0 radical (unpaired) electrons. The summed E-state index contributed by atoms with van der Waals surface area (Å²) in [6, 6.07) is 9.45. The molecule has 2 nitrogen and oxygen atoms in total. The molecule has 2 aliphatic rings. The summed E-state index contributed by atoms with van der Waals surface area (Å²) in [5, 5.41) is 3.58.